The lowest BCUT2D eigenvalue weighted by Gasteiger charge is -2.36. The van der Waals surface area contributed by atoms with E-state index in [2.05, 4.69) is 13.0 Å². The second-order valence-electron chi connectivity index (χ2n) is 13.7. The smallest absolute Gasteiger partial charge is 0.489 e. The van der Waals surface area contributed by atoms with E-state index in [0.29, 0.717) is 43.2 Å². The molecule has 0 saturated heterocycles. The van der Waals surface area contributed by atoms with Crippen LogP contribution in [0, 0.1) is 75.9 Å². The minimum absolute atomic E-state index is 0.0184. The topological polar surface area (TPSA) is 27.7 Å². The molecule has 4 rings (SSSR count). The molecule has 0 amide bonds. The fraction of sp³-hybridized carbons (Fsp3) is 0.385. The highest BCUT2D eigenvalue weighted by Gasteiger charge is 2.39. The maximum Gasteiger partial charge on any atom is 0.864 e. The van der Waals surface area contributed by atoms with Crippen LogP contribution in [0.25, 0.3) is 0 Å². The van der Waals surface area contributed by atoms with Gasteiger partial charge in [-0.15, -0.1) is 12.1 Å². The molecule has 17 heteroatoms. The summed E-state index contributed by atoms with van der Waals surface area (Å²) < 4.78 is 180. The first-order valence-electron chi connectivity index (χ1n) is 17.6. The van der Waals surface area contributed by atoms with Crippen LogP contribution in [-0.4, -0.2) is 32.9 Å². The lowest BCUT2D eigenvalue weighted by molar-refractivity contribution is -0.902. The Morgan fingerprint density at radius 1 is 0.500 bits per heavy atom. The van der Waals surface area contributed by atoms with E-state index in [1.54, 1.807) is 21.1 Å². The van der Waals surface area contributed by atoms with Gasteiger partial charge in [0.05, 0.1) is 32.5 Å². The van der Waals surface area contributed by atoms with Gasteiger partial charge in [0.15, 0.2) is 52.4 Å². The summed E-state index contributed by atoms with van der Waals surface area (Å²) in [6, 6.07) is 4.75. The molecule has 306 valence electrons. The van der Waals surface area contributed by atoms with Crippen LogP contribution in [-0.2, 0) is 0 Å². The van der Waals surface area contributed by atoms with Crippen molar-refractivity contribution in [2.24, 2.45) is 0 Å². The Morgan fingerprint density at radius 2 is 0.893 bits per heavy atom. The largest absolute Gasteiger partial charge is 0.864 e. The van der Waals surface area contributed by atoms with E-state index in [-0.39, 0.29) is 4.48 Å². The van der Waals surface area contributed by atoms with Crippen molar-refractivity contribution in [1.29, 1.82) is 0 Å². The summed E-state index contributed by atoms with van der Waals surface area (Å²) in [4.78, 5) is 0. The van der Waals surface area contributed by atoms with E-state index in [9.17, 15) is 48.3 Å². The van der Waals surface area contributed by atoms with Crippen molar-refractivity contribution in [2.75, 3.05) is 21.1 Å². The Morgan fingerprint density at radius 3 is 1.30 bits per heavy atom. The zero-order valence-corrected chi connectivity index (χ0v) is 31.0. The molecule has 0 spiro atoms. The summed E-state index contributed by atoms with van der Waals surface area (Å²) in [7, 11) is 2.76. The number of rotatable bonds is 18. The lowest BCUT2D eigenvalue weighted by Crippen LogP contribution is -2.41. The third kappa shape index (κ3) is 13.0. The molecule has 0 fully saturated rings. The molecular weight excluding hydrogens is 769 g/mol. The van der Waals surface area contributed by atoms with Gasteiger partial charge in [-0.1, -0.05) is 58.3 Å². The van der Waals surface area contributed by atoms with Crippen LogP contribution in [0.1, 0.15) is 82.7 Å². The summed E-state index contributed by atoms with van der Waals surface area (Å²) in [5.41, 5.74) is -0.430. The Labute approximate surface area is 317 Å². The van der Waals surface area contributed by atoms with E-state index in [4.69, 9.17) is 14.0 Å². The van der Waals surface area contributed by atoms with Gasteiger partial charge in [-0.3, -0.25) is 8.78 Å². The van der Waals surface area contributed by atoms with E-state index in [1.807, 2.05) is 0 Å². The summed E-state index contributed by atoms with van der Waals surface area (Å²) in [6.45, 7) is 2.14. The van der Waals surface area contributed by atoms with Crippen molar-refractivity contribution in [3.05, 3.63) is 124 Å². The van der Waals surface area contributed by atoms with Crippen LogP contribution in [0.2, 0.25) is 0 Å². The summed E-state index contributed by atoms with van der Waals surface area (Å²) in [6.07, 6.45) is 9.31. The predicted molar refractivity (Wildman–Crippen MR) is 184 cm³/mol. The van der Waals surface area contributed by atoms with E-state index in [1.165, 1.54) is 12.8 Å². The second kappa shape index (κ2) is 21.1. The van der Waals surface area contributed by atoms with Crippen molar-refractivity contribution in [3.8, 4) is 17.2 Å². The van der Waals surface area contributed by atoms with E-state index < -0.39 is 106 Å². The number of benzene rings is 4. The number of hydrogen-bond acceptors (Lipinski definition) is 3. The Hall–Kier alpha value is -4.54. The van der Waals surface area contributed by atoms with Crippen molar-refractivity contribution in [1.82, 2.24) is 0 Å². The summed E-state index contributed by atoms with van der Waals surface area (Å²) in [5.74, 6) is -21.6. The molecule has 0 N–H and O–H groups in total. The molecule has 0 heterocycles. The van der Waals surface area contributed by atoms with Gasteiger partial charge in [-0.2, -0.15) is 6.07 Å². The quantitative estimate of drug-likeness (QED) is 0.0250. The van der Waals surface area contributed by atoms with Crippen LogP contribution in [0.5, 0.6) is 17.2 Å². The molecule has 0 aromatic heterocycles. The SMILES string of the molecule is CCCCCCCCCCCC(c1c(OB(Oc2cc(F)c(F)c(F)c2)Oc2cc(F)c(F)c(F)c2)cc(F)c(F)c1F)[N+](C)(C)C.Fc1c[c-]cc(F)c1F. The van der Waals surface area contributed by atoms with Gasteiger partial charge in [0, 0.05) is 48.4 Å². The van der Waals surface area contributed by atoms with Crippen LogP contribution < -0.4 is 14.0 Å². The monoisotopic (exact) mass is 809 g/mol. The second-order valence-corrected chi connectivity index (χ2v) is 13.7. The molecule has 0 saturated carbocycles. The van der Waals surface area contributed by atoms with Gasteiger partial charge in [0.2, 0.25) is 0 Å². The van der Waals surface area contributed by atoms with Crippen LogP contribution in [0.4, 0.5) is 52.7 Å². The predicted octanol–water partition coefficient (Wildman–Crippen LogP) is 12.0. The maximum atomic E-state index is 15.6. The Balaban J connectivity index is 0.000000817. The maximum absolute atomic E-state index is 15.6. The lowest BCUT2D eigenvalue weighted by atomic mass is 9.95. The molecule has 0 radical (unpaired) electrons. The van der Waals surface area contributed by atoms with Gasteiger partial charge < -0.3 is 18.4 Å². The molecule has 4 aromatic rings. The average molecular weight is 810 g/mol. The van der Waals surface area contributed by atoms with Crippen molar-refractivity contribution >= 4 is 7.32 Å². The number of halogens is 12. The van der Waals surface area contributed by atoms with Crippen molar-refractivity contribution < 1.29 is 71.1 Å². The van der Waals surface area contributed by atoms with Gasteiger partial charge in [0.1, 0.15) is 23.3 Å². The van der Waals surface area contributed by atoms with Crippen molar-refractivity contribution in [2.45, 2.75) is 77.2 Å². The molecule has 0 bridgehead atoms. The Bertz CT molecular complexity index is 1780. The van der Waals surface area contributed by atoms with Gasteiger partial charge in [-0.25, -0.2) is 43.9 Å². The standard InChI is InChI=1S/C33H38BF9NO3.C6H2F3/c1-5-6-7-8-9-10-11-12-13-14-27(44(2,3)4)29-28(19-26(39)32(42)33(29)43)47-34(45-20-15-22(35)30(40)23(36)16-20)46-21-17-24(37)31(41)25(38)18-21;7-4-2-1-3-5(8)6(4)9/h15-19,27H,5-14H2,1-4H3;2-3H/q+1;-1. The zero-order valence-electron chi connectivity index (χ0n) is 31.0. The Kier molecular flexibility index (Phi) is 17.3. The first kappa shape index (κ1) is 45.9. The van der Waals surface area contributed by atoms with Crippen molar-refractivity contribution in [3.63, 3.8) is 0 Å². The summed E-state index contributed by atoms with van der Waals surface area (Å²) in [5, 5.41) is 0. The third-order valence-electron chi connectivity index (χ3n) is 8.45. The number of quaternary nitrogens is 1. The highest BCUT2D eigenvalue weighted by Crippen LogP contribution is 2.40. The normalized spacial score (nSPS) is 11.9. The first-order valence-corrected chi connectivity index (χ1v) is 17.6. The van der Waals surface area contributed by atoms with Gasteiger partial charge in [0.25, 0.3) is 0 Å². The van der Waals surface area contributed by atoms with Crippen LogP contribution >= 0.6 is 0 Å². The first-order chi connectivity index (χ1) is 26.3. The highest BCUT2D eigenvalue weighted by atomic mass is 19.2. The van der Waals surface area contributed by atoms with Gasteiger partial charge >= 0.3 is 7.32 Å². The molecule has 1 unspecified atom stereocenters. The summed E-state index contributed by atoms with van der Waals surface area (Å²) >= 11 is 0. The number of hydrogen-bond donors (Lipinski definition) is 0. The van der Waals surface area contributed by atoms with E-state index >= 15 is 4.39 Å². The van der Waals surface area contributed by atoms with Crippen LogP contribution in [0.3, 0.4) is 0 Å². The molecule has 4 nitrogen and oxygen atoms in total. The van der Waals surface area contributed by atoms with Crippen LogP contribution in [0.15, 0.2) is 42.5 Å². The van der Waals surface area contributed by atoms with E-state index in [0.717, 1.165) is 50.7 Å². The third-order valence-corrected chi connectivity index (χ3v) is 8.45. The molecule has 0 aliphatic carbocycles. The average Bonchev–Trinajstić information content (AvgIpc) is 3.12. The fourth-order valence-corrected chi connectivity index (χ4v) is 5.59. The number of nitrogens with zero attached hydrogens (tertiary/aromatic N) is 1. The molecule has 4 aromatic carbocycles. The van der Waals surface area contributed by atoms with Gasteiger partial charge in [-0.05, 0) is 6.42 Å². The minimum atomic E-state index is -2.33. The minimum Gasteiger partial charge on any atom is -0.489 e. The zero-order chi connectivity index (χ0) is 41.7. The molecule has 56 heavy (non-hydrogen) atoms. The molecule has 0 aliphatic heterocycles. The molecule has 0 aliphatic rings. The number of unbranched alkanes of at least 4 members (excludes halogenated alkanes) is 8. The highest BCUT2D eigenvalue weighted by molar-refractivity contribution is 6.39. The molecular formula is C39H40BF12NO3. The fourth-order valence-electron chi connectivity index (χ4n) is 5.59. The molecule has 1 atom stereocenters.